The second-order valence-corrected chi connectivity index (χ2v) is 6.08. The third-order valence-electron chi connectivity index (χ3n) is 2.60. The maximum atomic E-state index is 11.6. The Morgan fingerprint density at radius 2 is 1.91 bits per heavy atom. The minimum absolute atomic E-state index is 0.0732. The molecule has 1 atom stereocenters. The highest BCUT2D eigenvalue weighted by Gasteiger charge is 2.16. The van der Waals surface area contributed by atoms with Gasteiger partial charge in [-0.1, -0.05) is 30.3 Å². The van der Waals surface area contributed by atoms with Gasteiger partial charge >= 0.3 is 6.09 Å². The first-order chi connectivity index (χ1) is 10.3. The first kappa shape index (κ1) is 17.9. The molecule has 22 heavy (non-hydrogen) atoms. The zero-order valence-electron chi connectivity index (χ0n) is 12.0. The van der Waals surface area contributed by atoms with Crippen molar-refractivity contribution in [3.63, 3.8) is 0 Å². The van der Waals surface area contributed by atoms with Gasteiger partial charge in [0, 0.05) is 6.54 Å². The van der Waals surface area contributed by atoms with Crippen molar-refractivity contribution in [1.82, 2.24) is 10.6 Å². The van der Waals surface area contributed by atoms with Gasteiger partial charge in [0.2, 0.25) is 5.91 Å². The van der Waals surface area contributed by atoms with E-state index in [9.17, 15) is 18.0 Å². The fourth-order valence-corrected chi connectivity index (χ4v) is 1.82. The van der Waals surface area contributed by atoms with E-state index in [4.69, 9.17) is 9.29 Å². The Kier molecular flexibility index (Phi) is 6.80. The summed E-state index contributed by atoms with van der Waals surface area (Å²) in [4.78, 5) is 23.1. The molecule has 0 aromatic heterocycles. The smallest absolute Gasteiger partial charge is 0.408 e. The van der Waals surface area contributed by atoms with Crippen LogP contribution in [0.4, 0.5) is 4.79 Å². The lowest BCUT2D eigenvalue weighted by molar-refractivity contribution is -0.122. The zero-order chi connectivity index (χ0) is 16.6. The van der Waals surface area contributed by atoms with Crippen LogP contribution in [0.1, 0.15) is 12.5 Å². The van der Waals surface area contributed by atoms with E-state index in [1.54, 1.807) is 12.1 Å². The molecule has 3 N–H and O–H groups in total. The molecule has 0 bridgehead atoms. The highest BCUT2D eigenvalue weighted by atomic mass is 32.2. The van der Waals surface area contributed by atoms with Gasteiger partial charge in [-0.25, -0.2) is 4.79 Å². The number of ether oxygens (including phenoxy) is 1. The van der Waals surface area contributed by atoms with Gasteiger partial charge in [-0.15, -0.1) is 0 Å². The molecule has 122 valence electrons. The Balaban J connectivity index is 2.29. The predicted molar refractivity (Wildman–Crippen MR) is 78.7 cm³/mol. The van der Waals surface area contributed by atoms with Crippen molar-refractivity contribution in [2.45, 2.75) is 19.6 Å². The van der Waals surface area contributed by atoms with Crippen molar-refractivity contribution in [2.24, 2.45) is 0 Å². The first-order valence-corrected chi connectivity index (χ1v) is 8.09. The minimum atomic E-state index is -4.13. The summed E-state index contributed by atoms with van der Waals surface area (Å²) in [5.74, 6) is -1.18. The van der Waals surface area contributed by atoms with E-state index in [0.29, 0.717) is 0 Å². The molecular formula is C13H18N2O6S. The quantitative estimate of drug-likeness (QED) is 0.618. The van der Waals surface area contributed by atoms with Gasteiger partial charge in [-0.2, -0.15) is 8.42 Å². The van der Waals surface area contributed by atoms with Crippen LogP contribution in [0.3, 0.4) is 0 Å². The molecule has 9 heteroatoms. The monoisotopic (exact) mass is 330 g/mol. The number of hydrogen-bond donors (Lipinski definition) is 3. The summed E-state index contributed by atoms with van der Waals surface area (Å²) in [6.07, 6.45) is -0.763. The van der Waals surface area contributed by atoms with Crippen molar-refractivity contribution in [3.05, 3.63) is 35.9 Å². The lowest BCUT2D eigenvalue weighted by Gasteiger charge is -2.14. The van der Waals surface area contributed by atoms with Crippen molar-refractivity contribution in [2.75, 3.05) is 12.3 Å². The van der Waals surface area contributed by atoms with Crippen LogP contribution in [0.15, 0.2) is 30.3 Å². The van der Waals surface area contributed by atoms with E-state index in [0.717, 1.165) is 5.56 Å². The summed E-state index contributed by atoms with van der Waals surface area (Å²) in [5.41, 5.74) is 0.808. The van der Waals surface area contributed by atoms with E-state index in [-0.39, 0.29) is 13.2 Å². The molecule has 0 fully saturated rings. The second-order valence-electron chi connectivity index (χ2n) is 4.50. The van der Waals surface area contributed by atoms with Crippen LogP contribution in [0.25, 0.3) is 0 Å². The molecular weight excluding hydrogens is 312 g/mol. The number of carbonyl (C=O) groups is 2. The van der Waals surface area contributed by atoms with E-state index < -0.39 is 33.9 Å². The van der Waals surface area contributed by atoms with Gasteiger partial charge in [0.05, 0.1) is 5.75 Å². The second kappa shape index (κ2) is 8.35. The Bertz CT molecular complexity index is 602. The van der Waals surface area contributed by atoms with Gasteiger partial charge in [0.15, 0.2) is 0 Å². The number of hydrogen-bond acceptors (Lipinski definition) is 5. The standard InChI is InChI=1S/C13H18N2O6S/c1-10(12(16)14-7-8-22(18,19)20)15-13(17)21-9-11-5-3-2-4-6-11/h2-6,10H,7-9H2,1H3,(H,14,16)(H,15,17)(H,18,19,20). The molecule has 0 aliphatic carbocycles. The van der Waals surface area contributed by atoms with E-state index in [1.165, 1.54) is 6.92 Å². The Labute approximate surface area is 128 Å². The molecule has 1 rings (SSSR count). The van der Waals surface area contributed by atoms with Gasteiger partial charge in [-0.05, 0) is 12.5 Å². The largest absolute Gasteiger partial charge is 0.445 e. The van der Waals surface area contributed by atoms with Gasteiger partial charge in [0.1, 0.15) is 12.6 Å². The summed E-state index contributed by atoms with van der Waals surface area (Å²) in [7, 11) is -4.13. The maximum Gasteiger partial charge on any atom is 0.408 e. The fourth-order valence-electron chi connectivity index (χ4n) is 1.46. The Morgan fingerprint density at radius 1 is 1.27 bits per heavy atom. The number of benzene rings is 1. The molecule has 0 saturated heterocycles. The molecule has 1 aromatic carbocycles. The highest BCUT2D eigenvalue weighted by molar-refractivity contribution is 7.85. The summed E-state index contributed by atoms with van der Waals surface area (Å²) < 4.78 is 34.5. The summed E-state index contributed by atoms with van der Waals surface area (Å²) in [6, 6.07) is 8.13. The van der Waals surface area contributed by atoms with Crippen molar-refractivity contribution < 1.29 is 27.3 Å². The number of carbonyl (C=O) groups excluding carboxylic acids is 2. The van der Waals surface area contributed by atoms with Crippen LogP contribution in [0, 0.1) is 0 Å². The predicted octanol–water partition coefficient (Wildman–Crippen LogP) is 0.305. The zero-order valence-corrected chi connectivity index (χ0v) is 12.8. The van der Waals surface area contributed by atoms with Crippen LogP contribution < -0.4 is 10.6 Å². The average molecular weight is 330 g/mol. The lowest BCUT2D eigenvalue weighted by atomic mass is 10.2. The van der Waals surface area contributed by atoms with Crippen LogP contribution in [-0.4, -0.2) is 43.3 Å². The summed E-state index contributed by atoms with van der Waals surface area (Å²) in [6.45, 7) is 1.25. The Hall–Kier alpha value is -2.13. The third kappa shape index (κ3) is 7.60. The molecule has 0 aliphatic heterocycles. The molecule has 2 amide bonds. The van der Waals surface area contributed by atoms with E-state index in [2.05, 4.69) is 10.6 Å². The minimum Gasteiger partial charge on any atom is -0.445 e. The van der Waals surface area contributed by atoms with Gasteiger partial charge in [0.25, 0.3) is 10.1 Å². The Morgan fingerprint density at radius 3 is 2.50 bits per heavy atom. The number of amides is 2. The first-order valence-electron chi connectivity index (χ1n) is 6.48. The molecule has 1 unspecified atom stereocenters. The molecule has 8 nitrogen and oxygen atoms in total. The number of alkyl carbamates (subject to hydrolysis) is 1. The van der Waals surface area contributed by atoms with Gasteiger partial charge in [-0.3, -0.25) is 9.35 Å². The highest BCUT2D eigenvalue weighted by Crippen LogP contribution is 2.00. The van der Waals surface area contributed by atoms with E-state index in [1.807, 2.05) is 18.2 Å². The lowest BCUT2D eigenvalue weighted by Crippen LogP contribution is -2.45. The van der Waals surface area contributed by atoms with Crippen molar-refractivity contribution >= 4 is 22.1 Å². The molecule has 0 radical (unpaired) electrons. The number of rotatable bonds is 7. The number of nitrogens with one attached hydrogen (secondary N) is 2. The average Bonchev–Trinajstić information content (AvgIpc) is 2.44. The normalized spacial score (nSPS) is 12.3. The molecule has 0 heterocycles. The van der Waals surface area contributed by atoms with Crippen LogP contribution in [0.2, 0.25) is 0 Å². The molecule has 1 aromatic rings. The van der Waals surface area contributed by atoms with Crippen molar-refractivity contribution in [1.29, 1.82) is 0 Å². The molecule has 0 spiro atoms. The summed E-state index contributed by atoms with van der Waals surface area (Å²) >= 11 is 0. The van der Waals surface area contributed by atoms with Crippen LogP contribution >= 0.6 is 0 Å². The van der Waals surface area contributed by atoms with Crippen LogP contribution in [0.5, 0.6) is 0 Å². The maximum absolute atomic E-state index is 11.6. The SMILES string of the molecule is CC(NC(=O)OCc1ccccc1)C(=O)NCCS(=O)(=O)O. The molecule has 0 aliphatic rings. The fraction of sp³-hybridized carbons (Fsp3) is 0.385. The van der Waals surface area contributed by atoms with E-state index >= 15 is 0 Å². The van der Waals surface area contributed by atoms with Crippen LogP contribution in [-0.2, 0) is 26.3 Å². The van der Waals surface area contributed by atoms with Crippen molar-refractivity contribution in [3.8, 4) is 0 Å². The topological polar surface area (TPSA) is 122 Å². The molecule has 0 saturated carbocycles. The van der Waals surface area contributed by atoms with Gasteiger partial charge < -0.3 is 15.4 Å². The summed E-state index contributed by atoms with van der Waals surface area (Å²) in [5, 5.41) is 4.58. The third-order valence-corrected chi connectivity index (χ3v) is 3.32.